The van der Waals surface area contributed by atoms with Crippen LogP contribution in [0.3, 0.4) is 0 Å². The molecule has 1 N–H and O–H groups in total. The third-order valence-corrected chi connectivity index (χ3v) is 5.08. The molecule has 2 heterocycles. The van der Waals surface area contributed by atoms with Gasteiger partial charge in [0, 0.05) is 5.56 Å². The summed E-state index contributed by atoms with van der Waals surface area (Å²) in [7, 11) is 1.27. The van der Waals surface area contributed by atoms with Crippen LogP contribution in [0.15, 0.2) is 64.6 Å². The van der Waals surface area contributed by atoms with Crippen molar-refractivity contribution < 1.29 is 23.5 Å². The summed E-state index contributed by atoms with van der Waals surface area (Å²) in [6, 6.07) is 15.3. The van der Waals surface area contributed by atoms with Gasteiger partial charge in [0.25, 0.3) is 11.8 Å². The lowest BCUT2D eigenvalue weighted by atomic mass is 10.1. The standard InChI is InChI=1S/C23H17ClN2O5/c1-13-3-6-15(7-4-13)26-22(28)18(21(27)25-26)12-16-8-10-20(31-16)14-5-9-19(24)17(11-14)23(29)30-2/h3-12H,1-2H3,(H,25,27)/b18-12-. The van der Waals surface area contributed by atoms with E-state index in [4.69, 9.17) is 20.8 Å². The second-order valence-electron chi connectivity index (χ2n) is 6.86. The third kappa shape index (κ3) is 3.95. The second-order valence-corrected chi connectivity index (χ2v) is 7.27. The summed E-state index contributed by atoms with van der Waals surface area (Å²) in [6.45, 7) is 1.93. The second kappa shape index (κ2) is 8.12. The molecular formula is C23H17ClN2O5. The van der Waals surface area contributed by atoms with Gasteiger partial charge >= 0.3 is 5.97 Å². The molecule has 1 fully saturated rings. The number of aryl methyl sites for hydroxylation is 1. The number of ether oxygens (including phenoxy) is 1. The number of carbonyl (C=O) groups is 3. The minimum absolute atomic E-state index is 0.0483. The van der Waals surface area contributed by atoms with E-state index in [2.05, 4.69) is 5.43 Å². The maximum absolute atomic E-state index is 12.7. The summed E-state index contributed by atoms with van der Waals surface area (Å²) in [5, 5.41) is 1.45. The average molecular weight is 437 g/mol. The molecular weight excluding hydrogens is 420 g/mol. The van der Waals surface area contributed by atoms with Gasteiger partial charge in [-0.05, 0) is 55.5 Å². The number of nitrogens with zero attached hydrogens (tertiary/aromatic N) is 1. The van der Waals surface area contributed by atoms with Crippen molar-refractivity contribution in [1.29, 1.82) is 0 Å². The van der Waals surface area contributed by atoms with E-state index in [1.165, 1.54) is 18.2 Å². The van der Waals surface area contributed by atoms with E-state index in [1.54, 1.807) is 42.5 Å². The number of anilines is 1. The van der Waals surface area contributed by atoms with Gasteiger partial charge in [0.05, 0.1) is 23.4 Å². The zero-order valence-electron chi connectivity index (χ0n) is 16.6. The zero-order chi connectivity index (χ0) is 22.1. The quantitative estimate of drug-likeness (QED) is 0.377. The molecule has 2 amide bonds. The van der Waals surface area contributed by atoms with E-state index in [-0.39, 0.29) is 16.2 Å². The van der Waals surface area contributed by atoms with Crippen LogP contribution in [0, 0.1) is 6.92 Å². The number of methoxy groups -OCH3 is 1. The summed E-state index contributed by atoms with van der Waals surface area (Å²) >= 11 is 6.05. The van der Waals surface area contributed by atoms with Crippen molar-refractivity contribution in [3.8, 4) is 11.3 Å². The topological polar surface area (TPSA) is 88.9 Å². The summed E-state index contributed by atoms with van der Waals surface area (Å²) in [5.41, 5.74) is 4.90. The van der Waals surface area contributed by atoms with Crippen LogP contribution in [0.25, 0.3) is 17.4 Å². The predicted molar refractivity (Wildman–Crippen MR) is 115 cm³/mol. The highest BCUT2D eigenvalue weighted by Crippen LogP contribution is 2.29. The first kappa shape index (κ1) is 20.4. The van der Waals surface area contributed by atoms with E-state index in [0.29, 0.717) is 22.8 Å². The summed E-state index contributed by atoms with van der Waals surface area (Å²) in [5.74, 6) is -0.817. The summed E-state index contributed by atoms with van der Waals surface area (Å²) in [4.78, 5) is 37.0. The Morgan fingerprint density at radius 1 is 1.10 bits per heavy atom. The van der Waals surface area contributed by atoms with Crippen molar-refractivity contribution in [3.05, 3.63) is 82.1 Å². The molecule has 0 radical (unpaired) electrons. The molecule has 1 saturated heterocycles. The van der Waals surface area contributed by atoms with Gasteiger partial charge in [-0.15, -0.1) is 0 Å². The van der Waals surface area contributed by atoms with Gasteiger partial charge in [0.2, 0.25) is 0 Å². The first-order valence-electron chi connectivity index (χ1n) is 9.29. The lowest BCUT2D eigenvalue weighted by Gasteiger charge is -2.14. The van der Waals surface area contributed by atoms with Crippen LogP contribution in [0.5, 0.6) is 0 Å². The number of halogens is 1. The molecule has 1 aliphatic rings. The molecule has 0 unspecified atom stereocenters. The molecule has 8 heteroatoms. The van der Waals surface area contributed by atoms with Crippen LogP contribution in [0.2, 0.25) is 5.02 Å². The number of benzene rings is 2. The van der Waals surface area contributed by atoms with Crippen LogP contribution < -0.4 is 10.4 Å². The number of furan rings is 1. The predicted octanol–water partition coefficient (Wildman–Crippen LogP) is 4.16. The number of amides is 2. The van der Waals surface area contributed by atoms with Gasteiger partial charge in [0.1, 0.15) is 17.1 Å². The Bertz CT molecular complexity index is 1230. The molecule has 1 aromatic heterocycles. The first-order valence-corrected chi connectivity index (χ1v) is 9.67. The van der Waals surface area contributed by atoms with Crippen molar-refractivity contribution in [2.45, 2.75) is 6.92 Å². The molecule has 7 nitrogen and oxygen atoms in total. The number of carbonyl (C=O) groups excluding carboxylic acids is 3. The van der Waals surface area contributed by atoms with E-state index < -0.39 is 17.8 Å². The highest BCUT2D eigenvalue weighted by atomic mass is 35.5. The van der Waals surface area contributed by atoms with Crippen molar-refractivity contribution in [2.24, 2.45) is 0 Å². The molecule has 0 atom stereocenters. The molecule has 1 aliphatic heterocycles. The summed E-state index contributed by atoms with van der Waals surface area (Å²) < 4.78 is 10.5. The molecule has 31 heavy (non-hydrogen) atoms. The molecule has 0 spiro atoms. The molecule has 4 rings (SSSR count). The Morgan fingerprint density at radius 2 is 1.84 bits per heavy atom. The van der Waals surface area contributed by atoms with E-state index in [9.17, 15) is 14.4 Å². The Balaban J connectivity index is 1.61. The number of hydrogen-bond acceptors (Lipinski definition) is 5. The minimum atomic E-state index is -0.565. The minimum Gasteiger partial charge on any atom is -0.465 e. The number of nitrogens with one attached hydrogen (secondary N) is 1. The monoisotopic (exact) mass is 436 g/mol. The van der Waals surface area contributed by atoms with Crippen LogP contribution >= 0.6 is 11.6 Å². The van der Waals surface area contributed by atoms with Gasteiger partial charge < -0.3 is 9.15 Å². The van der Waals surface area contributed by atoms with Crippen LogP contribution in [-0.4, -0.2) is 24.9 Å². The lowest BCUT2D eigenvalue weighted by molar-refractivity contribution is -0.117. The number of rotatable bonds is 4. The molecule has 156 valence electrons. The number of hydrogen-bond donors (Lipinski definition) is 1. The smallest absolute Gasteiger partial charge is 0.339 e. The van der Waals surface area contributed by atoms with Gasteiger partial charge in [-0.1, -0.05) is 29.3 Å². The number of hydrazine groups is 1. The van der Waals surface area contributed by atoms with Crippen LogP contribution in [-0.2, 0) is 14.3 Å². The Labute approximate surface area is 182 Å². The normalized spacial score (nSPS) is 14.8. The van der Waals surface area contributed by atoms with Crippen LogP contribution in [0.4, 0.5) is 5.69 Å². The molecule has 0 aliphatic carbocycles. The van der Waals surface area contributed by atoms with Gasteiger partial charge in [-0.2, -0.15) is 0 Å². The van der Waals surface area contributed by atoms with E-state index in [0.717, 1.165) is 5.56 Å². The lowest BCUT2D eigenvalue weighted by Crippen LogP contribution is -2.35. The highest BCUT2D eigenvalue weighted by Gasteiger charge is 2.34. The molecule has 0 saturated carbocycles. The van der Waals surface area contributed by atoms with Crippen LogP contribution in [0.1, 0.15) is 21.7 Å². The van der Waals surface area contributed by atoms with Crippen molar-refractivity contribution in [2.75, 3.05) is 12.1 Å². The maximum atomic E-state index is 12.7. The number of esters is 1. The average Bonchev–Trinajstić information content (AvgIpc) is 3.34. The largest absolute Gasteiger partial charge is 0.465 e. The zero-order valence-corrected chi connectivity index (χ0v) is 17.4. The van der Waals surface area contributed by atoms with Crippen molar-refractivity contribution in [3.63, 3.8) is 0 Å². The van der Waals surface area contributed by atoms with E-state index in [1.807, 2.05) is 19.1 Å². The van der Waals surface area contributed by atoms with Gasteiger partial charge in [-0.3, -0.25) is 15.0 Å². The van der Waals surface area contributed by atoms with Gasteiger partial charge in [-0.25, -0.2) is 9.80 Å². The first-order chi connectivity index (χ1) is 14.9. The highest BCUT2D eigenvalue weighted by molar-refractivity contribution is 6.33. The van der Waals surface area contributed by atoms with E-state index >= 15 is 0 Å². The summed E-state index contributed by atoms with van der Waals surface area (Å²) in [6.07, 6.45) is 1.38. The third-order valence-electron chi connectivity index (χ3n) is 4.75. The fourth-order valence-electron chi connectivity index (χ4n) is 3.11. The fraction of sp³-hybridized carbons (Fsp3) is 0.0870. The van der Waals surface area contributed by atoms with Crippen molar-refractivity contribution >= 4 is 41.1 Å². The molecule has 3 aromatic rings. The van der Waals surface area contributed by atoms with Crippen molar-refractivity contribution in [1.82, 2.24) is 5.43 Å². The Kier molecular flexibility index (Phi) is 5.35. The Hall–Kier alpha value is -3.84. The molecule has 2 aromatic carbocycles. The molecule has 0 bridgehead atoms. The Morgan fingerprint density at radius 3 is 2.55 bits per heavy atom. The van der Waals surface area contributed by atoms with Gasteiger partial charge in [0.15, 0.2) is 0 Å². The maximum Gasteiger partial charge on any atom is 0.339 e. The fourth-order valence-corrected chi connectivity index (χ4v) is 3.30. The SMILES string of the molecule is COC(=O)c1cc(-c2ccc(/C=C3/C(=O)NN(c4ccc(C)cc4)C3=O)o2)ccc1Cl.